The van der Waals surface area contributed by atoms with E-state index < -0.39 is 16.6 Å². The average Bonchev–Trinajstić information content (AvgIpc) is 3.25. The number of carbonyl (C=O) groups excluding carboxylic acids is 1. The zero-order valence-electron chi connectivity index (χ0n) is 18.7. The molecule has 0 spiro atoms. The lowest BCUT2D eigenvalue weighted by molar-refractivity contribution is -0.115. The highest BCUT2D eigenvalue weighted by atomic mass is 32.2. The minimum absolute atomic E-state index is 0.0713. The number of aromatic nitrogens is 4. The average molecular weight is 484 g/mol. The van der Waals surface area contributed by atoms with E-state index in [1.807, 2.05) is 6.92 Å². The van der Waals surface area contributed by atoms with E-state index in [1.165, 1.54) is 59.3 Å². The van der Waals surface area contributed by atoms with Gasteiger partial charge in [-0.25, -0.2) is 4.39 Å². The molecule has 0 aliphatic rings. The van der Waals surface area contributed by atoms with E-state index in [0.29, 0.717) is 34.5 Å². The third-order valence-corrected chi connectivity index (χ3v) is 6.38. The Hall–Kier alpha value is -3.86. The van der Waals surface area contributed by atoms with Crippen LogP contribution in [0.2, 0.25) is 0 Å². The molecule has 2 aromatic heterocycles. The highest BCUT2D eigenvalue weighted by Gasteiger charge is 2.22. The van der Waals surface area contributed by atoms with E-state index in [0.717, 1.165) is 0 Å². The first-order chi connectivity index (χ1) is 16.4. The summed E-state index contributed by atoms with van der Waals surface area (Å²) in [6.45, 7) is 1.88. The van der Waals surface area contributed by atoms with Crippen LogP contribution in [0.4, 0.5) is 10.1 Å². The smallest absolute Gasteiger partial charge is 0.300 e. The van der Waals surface area contributed by atoms with E-state index >= 15 is 0 Å². The molecule has 1 N–H and O–H groups in total. The molecule has 1 amide bonds. The molecule has 4 aromatic rings. The number of rotatable bonds is 8. The Kier molecular flexibility index (Phi) is 6.82. The van der Waals surface area contributed by atoms with Gasteiger partial charge in [0.1, 0.15) is 17.3 Å². The number of methoxy groups -OCH3 is 2. The first kappa shape index (κ1) is 23.3. The highest BCUT2D eigenvalue weighted by molar-refractivity contribution is 8.00. The second-order valence-corrected chi connectivity index (χ2v) is 8.40. The minimum Gasteiger partial charge on any atom is -0.497 e. The summed E-state index contributed by atoms with van der Waals surface area (Å²) in [7, 11) is 3.06. The predicted molar refractivity (Wildman–Crippen MR) is 127 cm³/mol. The molecule has 176 valence electrons. The molecule has 0 radical (unpaired) electrons. The van der Waals surface area contributed by atoms with Gasteiger partial charge < -0.3 is 14.8 Å². The summed E-state index contributed by atoms with van der Waals surface area (Å²) in [5.41, 5.74) is 0.532. The second kappa shape index (κ2) is 9.96. The van der Waals surface area contributed by atoms with Crippen LogP contribution in [0.15, 0.2) is 64.8 Å². The SMILES string of the molecule is CCC(Sc1nnc2c(=O)n(-c3cccc(F)c3)ccn12)C(=O)Nc1cc(OC)cc(OC)c1. The molecule has 2 heterocycles. The van der Waals surface area contributed by atoms with Gasteiger partial charge in [0.25, 0.3) is 0 Å². The van der Waals surface area contributed by atoms with Crippen LogP contribution in [0, 0.1) is 5.82 Å². The number of fused-ring (bicyclic) bond motifs is 1. The molecule has 34 heavy (non-hydrogen) atoms. The minimum atomic E-state index is -0.504. The lowest BCUT2D eigenvalue weighted by Crippen LogP contribution is -2.25. The highest BCUT2D eigenvalue weighted by Crippen LogP contribution is 2.28. The fraction of sp³-hybridized carbons (Fsp3) is 0.217. The van der Waals surface area contributed by atoms with E-state index in [4.69, 9.17) is 9.47 Å². The van der Waals surface area contributed by atoms with Crippen molar-refractivity contribution in [3.8, 4) is 17.2 Å². The molecule has 0 aliphatic carbocycles. The van der Waals surface area contributed by atoms with Gasteiger partial charge in [0.15, 0.2) is 5.16 Å². The number of carbonyl (C=O) groups is 1. The van der Waals surface area contributed by atoms with Crippen LogP contribution in [-0.4, -0.2) is 44.5 Å². The number of thioether (sulfide) groups is 1. The van der Waals surface area contributed by atoms with Crippen molar-refractivity contribution in [3.63, 3.8) is 0 Å². The topological polar surface area (TPSA) is 99.8 Å². The molecule has 0 bridgehead atoms. The van der Waals surface area contributed by atoms with E-state index in [9.17, 15) is 14.0 Å². The zero-order valence-corrected chi connectivity index (χ0v) is 19.5. The number of hydrogen-bond donors (Lipinski definition) is 1. The monoisotopic (exact) mass is 483 g/mol. The largest absolute Gasteiger partial charge is 0.497 e. The fourth-order valence-corrected chi connectivity index (χ4v) is 4.26. The standard InChI is InChI=1S/C23H22FN5O4S/c1-4-19(21(30)25-15-11-17(32-2)13-18(12-15)33-3)34-23-27-26-20-22(31)28(8-9-29(20)23)16-7-5-6-14(24)10-16/h5-13,19H,4H2,1-3H3,(H,25,30). The number of nitrogens with one attached hydrogen (secondary N) is 1. The molecule has 4 rings (SSSR count). The van der Waals surface area contributed by atoms with Gasteiger partial charge in [-0.2, -0.15) is 0 Å². The molecule has 11 heteroatoms. The van der Waals surface area contributed by atoms with Crippen molar-refractivity contribution in [3.05, 3.63) is 71.0 Å². The molecular weight excluding hydrogens is 461 g/mol. The molecule has 2 aromatic carbocycles. The lowest BCUT2D eigenvalue weighted by atomic mass is 10.2. The summed E-state index contributed by atoms with van der Waals surface area (Å²) in [5.74, 6) is 0.404. The molecule has 9 nitrogen and oxygen atoms in total. The van der Waals surface area contributed by atoms with Gasteiger partial charge in [0.2, 0.25) is 11.6 Å². The first-order valence-electron chi connectivity index (χ1n) is 10.4. The number of amides is 1. The van der Waals surface area contributed by atoms with Crippen LogP contribution in [-0.2, 0) is 4.79 Å². The summed E-state index contributed by atoms with van der Waals surface area (Å²) < 4.78 is 26.9. The summed E-state index contributed by atoms with van der Waals surface area (Å²) in [5, 5.41) is 10.9. The van der Waals surface area contributed by atoms with E-state index in [1.54, 1.807) is 30.5 Å². The molecule has 1 unspecified atom stereocenters. The van der Waals surface area contributed by atoms with E-state index in [-0.39, 0.29) is 11.6 Å². The predicted octanol–water partition coefficient (Wildman–Crippen LogP) is 3.55. The molecule has 0 saturated heterocycles. The number of ether oxygens (including phenoxy) is 2. The van der Waals surface area contributed by atoms with Gasteiger partial charge in [0, 0.05) is 36.3 Å². The second-order valence-electron chi connectivity index (χ2n) is 7.23. The van der Waals surface area contributed by atoms with Crippen LogP contribution in [0.25, 0.3) is 11.3 Å². The van der Waals surface area contributed by atoms with Crippen molar-refractivity contribution in [2.24, 2.45) is 0 Å². The zero-order chi connectivity index (χ0) is 24.2. The molecule has 0 fully saturated rings. The third kappa shape index (κ3) is 4.74. The summed E-state index contributed by atoms with van der Waals surface area (Å²) >= 11 is 1.19. The fourth-order valence-electron chi connectivity index (χ4n) is 3.33. The van der Waals surface area contributed by atoms with Crippen molar-refractivity contribution in [1.29, 1.82) is 0 Å². The maximum absolute atomic E-state index is 13.6. The molecule has 0 saturated carbocycles. The quantitative estimate of drug-likeness (QED) is 0.383. The maximum Gasteiger partial charge on any atom is 0.300 e. The number of hydrogen-bond acceptors (Lipinski definition) is 7. The Bertz CT molecular complexity index is 1380. The Morgan fingerprint density at radius 3 is 2.50 bits per heavy atom. The van der Waals surface area contributed by atoms with Crippen LogP contribution in [0.5, 0.6) is 11.5 Å². The number of anilines is 1. The van der Waals surface area contributed by atoms with Crippen LogP contribution in [0.1, 0.15) is 13.3 Å². The summed E-state index contributed by atoms with van der Waals surface area (Å²) in [6.07, 6.45) is 3.63. The lowest BCUT2D eigenvalue weighted by Gasteiger charge is -2.15. The molecular formula is C23H22FN5O4S. The third-order valence-electron chi connectivity index (χ3n) is 5.06. The normalized spacial score (nSPS) is 11.9. The number of benzene rings is 2. The number of nitrogens with zero attached hydrogens (tertiary/aromatic N) is 4. The van der Waals surface area contributed by atoms with Crippen molar-refractivity contribution in [2.45, 2.75) is 23.8 Å². The molecule has 0 aliphatic heterocycles. The summed E-state index contributed by atoms with van der Waals surface area (Å²) in [6, 6.07) is 10.8. The van der Waals surface area contributed by atoms with Crippen LogP contribution < -0.4 is 20.3 Å². The Morgan fingerprint density at radius 2 is 1.85 bits per heavy atom. The summed E-state index contributed by atoms with van der Waals surface area (Å²) in [4.78, 5) is 25.9. The van der Waals surface area contributed by atoms with Gasteiger partial charge in [-0.05, 0) is 24.6 Å². The van der Waals surface area contributed by atoms with Crippen molar-refractivity contribution in [1.82, 2.24) is 19.2 Å². The van der Waals surface area contributed by atoms with Gasteiger partial charge in [-0.1, -0.05) is 24.8 Å². The maximum atomic E-state index is 13.6. The first-order valence-corrected chi connectivity index (χ1v) is 11.2. The van der Waals surface area contributed by atoms with Crippen LogP contribution in [0.3, 0.4) is 0 Å². The van der Waals surface area contributed by atoms with E-state index in [2.05, 4.69) is 15.5 Å². The van der Waals surface area contributed by atoms with Gasteiger partial charge in [0.05, 0.1) is 25.2 Å². The molecule has 1 atom stereocenters. The Labute approximate surface area is 198 Å². The van der Waals surface area contributed by atoms with Gasteiger partial charge >= 0.3 is 5.56 Å². The Morgan fingerprint density at radius 1 is 1.12 bits per heavy atom. The Balaban J connectivity index is 1.58. The van der Waals surface area contributed by atoms with Gasteiger partial charge in [-0.15, -0.1) is 10.2 Å². The van der Waals surface area contributed by atoms with Gasteiger partial charge in [-0.3, -0.25) is 18.6 Å². The van der Waals surface area contributed by atoms with Crippen molar-refractivity contribution >= 4 is 29.0 Å². The van der Waals surface area contributed by atoms with Crippen LogP contribution >= 0.6 is 11.8 Å². The number of halogens is 1. The van der Waals surface area contributed by atoms with Crippen molar-refractivity contribution < 1.29 is 18.7 Å². The van der Waals surface area contributed by atoms with Crippen molar-refractivity contribution in [2.75, 3.05) is 19.5 Å².